The third-order valence-electron chi connectivity index (χ3n) is 4.58. The summed E-state index contributed by atoms with van der Waals surface area (Å²) in [5.74, 6) is 3.74. The summed E-state index contributed by atoms with van der Waals surface area (Å²) in [6, 6.07) is 13.8. The fourth-order valence-corrected chi connectivity index (χ4v) is 3.00. The van der Waals surface area contributed by atoms with Gasteiger partial charge in [-0.15, -0.1) is 0 Å². The summed E-state index contributed by atoms with van der Waals surface area (Å²) < 4.78 is 11.0. The van der Waals surface area contributed by atoms with Gasteiger partial charge in [0.25, 0.3) is 0 Å². The molecule has 0 aliphatic rings. The number of nitrogens with one attached hydrogen (secondary N) is 3. The number of aromatic amines is 1. The number of hydrogen-bond donors (Lipinski definition) is 3. The van der Waals surface area contributed by atoms with E-state index in [-0.39, 0.29) is 0 Å². The SMILES string of the molecule is CCNC(=NCc1ccc(C)cc1OCC)NCc1nc(-c2ccc(OC)cc2)n[nH]1. The number of aliphatic imine (C=N–C) groups is 1. The van der Waals surface area contributed by atoms with Gasteiger partial charge in [0.1, 0.15) is 17.3 Å². The van der Waals surface area contributed by atoms with Crippen molar-refractivity contribution in [1.82, 2.24) is 25.8 Å². The molecule has 0 bridgehead atoms. The van der Waals surface area contributed by atoms with Gasteiger partial charge in [-0.2, -0.15) is 5.10 Å². The number of benzene rings is 2. The number of H-pyrrole nitrogens is 1. The Bertz CT molecular complexity index is 998. The molecule has 0 spiro atoms. The summed E-state index contributed by atoms with van der Waals surface area (Å²) in [5.41, 5.74) is 3.14. The van der Waals surface area contributed by atoms with E-state index in [4.69, 9.17) is 14.5 Å². The molecule has 0 fully saturated rings. The second-order valence-corrected chi connectivity index (χ2v) is 6.93. The zero-order chi connectivity index (χ0) is 22.1. The number of hydrogen-bond acceptors (Lipinski definition) is 5. The largest absolute Gasteiger partial charge is 0.497 e. The van der Waals surface area contributed by atoms with Crippen LogP contribution in [0.3, 0.4) is 0 Å². The van der Waals surface area contributed by atoms with Crippen LogP contribution in [0, 0.1) is 6.92 Å². The van der Waals surface area contributed by atoms with Crippen molar-refractivity contribution in [3.05, 3.63) is 59.4 Å². The third kappa shape index (κ3) is 6.21. The standard InChI is InChI=1S/C23H30N6O2/c1-5-24-23(25-14-18-8-7-16(3)13-20(18)31-6-2)26-15-21-27-22(29-28-21)17-9-11-19(30-4)12-10-17/h7-13H,5-6,14-15H2,1-4H3,(H2,24,25,26)(H,27,28,29). The number of nitrogens with zero attached hydrogens (tertiary/aromatic N) is 3. The lowest BCUT2D eigenvalue weighted by Crippen LogP contribution is -2.37. The molecule has 1 aromatic heterocycles. The number of aromatic nitrogens is 3. The van der Waals surface area contributed by atoms with Crippen LogP contribution in [0.4, 0.5) is 0 Å². The van der Waals surface area contributed by atoms with Crippen LogP contribution < -0.4 is 20.1 Å². The first kappa shape index (κ1) is 22.1. The maximum Gasteiger partial charge on any atom is 0.191 e. The molecular weight excluding hydrogens is 392 g/mol. The molecule has 2 aromatic carbocycles. The second kappa shape index (κ2) is 11.0. The maximum atomic E-state index is 5.76. The lowest BCUT2D eigenvalue weighted by atomic mass is 10.1. The fraction of sp³-hybridized carbons (Fsp3) is 0.348. The first-order valence-corrected chi connectivity index (χ1v) is 10.4. The summed E-state index contributed by atoms with van der Waals surface area (Å²) in [6.07, 6.45) is 0. The average Bonchev–Trinajstić information content (AvgIpc) is 3.26. The predicted molar refractivity (Wildman–Crippen MR) is 122 cm³/mol. The fourth-order valence-electron chi connectivity index (χ4n) is 3.00. The lowest BCUT2D eigenvalue weighted by molar-refractivity contribution is 0.336. The summed E-state index contributed by atoms with van der Waals surface area (Å²) in [4.78, 5) is 9.26. The molecule has 0 amide bonds. The number of rotatable bonds is 9. The first-order valence-electron chi connectivity index (χ1n) is 10.4. The summed E-state index contributed by atoms with van der Waals surface area (Å²) >= 11 is 0. The Labute approximate surface area is 183 Å². The molecule has 0 aliphatic carbocycles. The molecule has 0 unspecified atom stereocenters. The topological polar surface area (TPSA) is 96.5 Å². The van der Waals surface area contributed by atoms with Crippen molar-refractivity contribution in [2.75, 3.05) is 20.3 Å². The van der Waals surface area contributed by atoms with E-state index in [9.17, 15) is 0 Å². The zero-order valence-electron chi connectivity index (χ0n) is 18.5. The summed E-state index contributed by atoms with van der Waals surface area (Å²) in [7, 11) is 1.64. The molecule has 31 heavy (non-hydrogen) atoms. The molecule has 8 heteroatoms. The van der Waals surface area contributed by atoms with Gasteiger partial charge >= 0.3 is 0 Å². The van der Waals surface area contributed by atoms with Gasteiger partial charge in [0.2, 0.25) is 0 Å². The van der Waals surface area contributed by atoms with Crippen molar-refractivity contribution < 1.29 is 9.47 Å². The van der Waals surface area contributed by atoms with Gasteiger partial charge in [0.15, 0.2) is 11.8 Å². The van der Waals surface area contributed by atoms with E-state index in [0.29, 0.717) is 31.5 Å². The molecule has 0 saturated carbocycles. The van der Waals surface area contributed by atoms with E-state index in [1.807, 2.05) is 44.2 Å². The van der Waals surface area contributed by atoms with E-state index >= 15 is 0 Å². The molecule has 0 aliphatic heterocycles. The zero-order valence-corrected chi connectivity index (χ0v) is 18.5. The Kier molecular flexibility index (Phi) is 7.86. The number of methoxy groups -OCH3 is 1. The predicted octanol–water partition coefficient (Wildman–Crippen LogP) is 3.44. The van der Waals surface area contributed by atoms with Crippen molar-refractivity contribution in [2.24, 2.45) is 4.99 Å². The van der Waals surface area contributed by atoms with Crippen LogP contribution >= 0.6 is 0 Å². The lowest BCUT2D eigenvalue weighted by Gasteiger charge is -2.12. The first-order chi connectivity index (χ1) is 15.1. The highest BCUT2D eigenvalue weighted by atomic mass is 16.5. The molecule has 1 heterocycles. The van der Waals surface area contributed by atoms with Crippen LogP contribution in [0.5, 0.6) is 11.5 Å². The molecule has 3 rings (SSSR count). The van der Waals surface area contributed by atoms with E-state index < -0.39 is 0 Å². The minimum Gasteiger partial charge on any atom is -0.497 e. The molecule has 3 N–H and O–H groups in total. The van der Waals surface area contributed by atoms with Crippen molar-refractivity contribution in [3.8, 4) is 22.9 Å². The van der Waals surface area contributed by atoms with Gasteiger partial charge in [-0.1, -0.05) is 12.1 Å². The highest BCUT2D eigenvalue weighted by Crippen LogP contribution is 2.21. The Morgan fingerprint density at radius 3 is 2.61 bits per heavy atom. The van der Waals surface area contributed by atoms with Crippen LogP contribution in [0.25, 0.3) is 11.4 Å². The molecule has 8 nitrogen and oxygen atoms in total. The highest BCUT2D eigenvalue weighted by Gasteiger charge is 2.08. The summed E-state index contributed by atoms with van der Waals surface area (Å²) in [6.45, 7) is 8.44. The van der Waals surface area contributed by atoms with Crippen molar-refractivity contribution in [3.63, 3.8) is 0 Å². The molecule has 164 valence electrons. The quantitative estimate of drug-likeness (QED) is 0.361. The second-order valence-electron chi connectivity index (χ2n) is 6.93. The molecule has 0 radical (unpaired) electrons. The molecular formula is C23H30N6O2. The average molecular weight is 423 g/mol. The van der Waals surface area contributed by atoms with Crippen molar-refractivity contribution >= 4 is 5.96 Å². The Balaban J connectivity index is 1.65. The van der Waals surface area contributed by atoms with Gasteiger partial charge in [0, 0.05) is 17.7 Å². The van der Waals surface area contributed by atoms with Gasteiger partial charge in [-0.25, -0.2) is 9.98 Å². The smallest absolute Gasteiger partial charge is 0.191 e. The van der Waals surface area contributed by atoms with Gasteiger partial charge < -0.3 is 20.1 Å². The number of ether oxygens (including phenoxy) is 2. The van der Waals surface area contributed by atoms with Crippen LogP contribution in [-0.4, -0.2) is 41.4 Å². The highest BCUT2D eigenvalue weighted by molar-refractivity contribution is 5.79. The van der Waals surface area contributed by atoms with E-state index in [0.717, 1.165) is 35.0 Å². The van der Waals surface area contributed by atoms with Gasteiger partial charge in [-0.05, 0) is 56.7 Å². The van der Waals surface area contributed by atoms with Gasteiger partial charge in [-0.3, -0.25) is 5.10 Å². The van der Waals surface area contributed by atoms with Gasteiger partial charge in [0.05, 0.1) is 26.8 Å². The van der Waals surface area contributed by atoms with Crippen LogP contribution in [0.2, 0.25) is 0 Å². The number of guanidine groups is 1. The number of aryl methyl sites for hydroxylation is 1. The van der Waals surface area contributed by atoms with Crippen molar-refractivity contribution in [2.45, 2.75) is 33.9 Å². The maximum absolute atomic E-state index is 5.76. The molecule has 3 aromatic rings. The Morgan fingerprint density at radius 2 is 1.90 bits per heavy atom. The van der Waals surface area contributed by atoms with Crippen LogP contribution in [0.1, 0.15) is 30.8 Å². The third-order valence-corrected chi connectivity index (χ3v) is 4.58. The Morgan fingerprint density at radius 1 is 1.10 bits per heavy atom. The van der Waals surface area contributed by atoms with Crippen molar-refractivity contribution in [1.29, 1.82) is 0 Å². The van der Waals surface area contributed by atoms with E-state index in [1.165, 1.54) is 5.56 Å². The minimum atomic E-state index is 0.473. The normalized spacial score (nSPS) is 11.3. The Hall–Kier alpha value is -3.55. The van der Waals surface area contributed by atoms with E-state index in [1.54, 1.807) is 7.11 Å². The minimum absolute atomic E-state index is 0.473. The molecule has 0 saturated heterocycles. The summed E-state index contributed by atoms with van der Waals surface area (Å²) in [5, 5.41) is 13.8. The van der Waals surface area contributed by atoms with E-state index in [2.05, 4.69) is 44.9 Å². The monoisotopic (exact) mass is 422 g/mol. The molecule has 0 atom stereocenters. The van der Waals surface area contributed by atoms with Crippen LogP contribution in [0.15, 0.2) is 47.5 Å². The van der Waals surface area contributed by atoms with Crippen LogP contribution in [-0.2, 0) is 13.1 Å².